The van der Waals surface area contributed by atoms with Crippen molar-refractivity contribution in [1.29, 1.82) is 0 Å². The molecule has 0 aliphatic heterocycles. The highest BCUT2D eigenvalue weighted by Gasteiger charge is 2.16. The first-order chi connectivity index (χ1) is 10.1. The molecule has 1 rings (SSSR count). The predicted molar refractivity (Wildman–Crippen MR) is 91.8 cm³/mol. The van der Waals surface area contributed by atoms with Gasteiger partial charge >= 0.3 is 5.97 Å². The average molecular weight is 356 g/mol. The molecule has 1 aromatic rings. The molecule has 3 nitrogen and oxygen atoms in total. The van der Waals surface area contributed by atoms with Gasteiger partial charge in [0.15, 0.2) is 0 Å². The highest BCUT2D eigenvalue weighted by molar-refractivity contribution is 9.10. The van der Waals surface area contributed by atoms with Crippen molar-refractivity contribution in [3.8, 4) is 0 Å². The largest absolute Gasteiger partial charge is 0.480 e. The molecule has 0 aliphatic carbocycles. The number of hydrogen-bond donors (Lipinski definition) is 2. The summed E-state index contributed by atoms with van der Waals surface area (Å²) in [5, 5.41) is 12.4. The highest BCUT2D eigenvalue weighted by atomic mass is 79.9. The van der Waals surface area contributed by atoms with Gasteiger partial charge in [-0.2, -0.15) is 0 Å². The second-order valence-electron chi connectivity index (χ2n) is 5.45. The zero-order valence-electron chi connectivity index (χ0n) is 12.8. The molecular formula is C17H26BrNO2. The van der Waals surface area contributed by atoms with Crippen LogP contribution in [0.15, 0.2) is 28.7 Å². The Morgan fingerprint density at radius 2 is 1.67 bits per heavy atom. The highest BCUT2D eigenvalue weighted by Crippen LogP contribution is 2.17. The Balaban J connectivity index is 2.27. The van der Waals surface area contributed by atoms with Gasteiger partial charge in [0, 0.05) is 10.2 Å². The van der Waals surface area contributed by atoms with Crippen LogP contribution in [0, 0.1) is 0 Å². The maximum atomic E-state index is 11.3. The Labute approximate surface area is 136 Å². The molecule has 0 fully saturated rings. The van der Waals surface area contributed by atoms with E-state index in [2.05, 4.69) is 28.2 Å². The zero-order chi connectivity index (χ0) is 15.5. The molecular weight excluding hydrogens is 330 g/mol. The molecule has 21 heavy (non-hydrogen) atoms. The topological polar surface area (TPSA) is 49.3 Å². The first kappa shape index (κ1) is 18.0. The minimum atomic E-state index is -0.774. The number of halogens is 1. The molecule has 0 heterocycles. The molecule has 0 spiro atoms. The van der Waals surface area contributed by atoms with Gasteiger partial charge < -0.3 is 10.4 Å². The van der Waals surface area contributed by atoms with E-state index >= 15 is 0 Å². The van der Waals surface area contributed by atoms with Gasteiger partial charge in [-0.05, 0) is 30.7 Å². The van der Waals surface area contributed by atoms with Gasteiger partial charge in [0.25, 0.3) is 0 Å². The Hall–Kier alpha value is -1.03. The summed E-state index contributed by atoms with van der Waals surface area (Å²) >= 11 is 3.37. The van der Waals surface area contributed by atoms with Crippen LogP contribution >= 0.6 is 15.9 Å². The van der Waals surface area contributed by atoms with Crippen molar-refractivity contribution in [2.45, 2.75) is 64.3 Å². The number of aliphatic carboxylic acids is 1. The molecule has 0 aromatic heterocycles. The number of carboxylic acids is 1. The van der Waals surface area contributed by atoms with Gasteiger partial charge in [-0.3, -0.25) is 0 Å². The monoisotopic (exact) mass is 355 g/mol. The third kappa shape index (κ3) is 8.10. The first-order valence-corrected chi connectivity index (χ1v) is 8.67. The Morgan fingerprint density at radius 1 is 1.10 bits per heavy atom. The van der Waals surface area contributed by atoms with Crippen LogP contribution in [0.3, 0.4) is 0 Å². The summed E-state index contributed by atoms with van der Waals surface area (Å²) < 4.78 is 0.993. The summed E-state index contributed by atoms with van der Waals surface area (Å²) in [5.41, 5.74) is 0.855. The maximum absolute atomic E-state index is 11.3. The number of nitrogens with one attached hydrogen (secondary N) is 1. The molecule has 4 heteroatoms. The number of benzene rings is 1. The lowest BCUT2D eigenvalue weighted by atomic mass is 10.0. The number of anilines is 1. The third-order valence-electron chi connectivity index (χ3n) is 3.58. The second-order valence-corrected chi connectivity index (χ2v) is 6.37. The fourth-order valence-corrected chi connectivity index (χ4v) is 2.57. The van der Waals surface area contributed by atoms with E-state index in [0.29, 0.717) is 6.42 Å². The summed E-state index contributed by atoms with van der Waals surface area (Å²) in [6.07, 6.45) is 9.12. The van der Waals surface area contributed by atoms with Crippen LogP contribution in [0.4, 0.5) is 5.69 Å². The van der Waals surface area contributed by atoms with Crippen molar-refractivity contribution < 1.29 is 9.90 Å². The summed E-state index contributed by atoms with van der Waals surface area (Å²) in [5.74, 6) is -0.774. The van der Waals surface area contributed by atoms with E-state index in [9.17, 15) is 9.90 Å². The van der Waals surface area contributed by atoms with E-state index < -0.39 is 12.0 Å². The first-order valence-electron chi connectivity index (χ1n) is 7.88. The molecule has 1 atom stereocenters. The Kier molecular flexibility index (Phi) is 9.15. The van der Waals surface area contributed by atoms with Gasteiger partial charge in [0.2, 0.25) is 0 Å². The smallest absolute Gasteiger partial charge is 0.326 e. The Morgan fingerprint density at radius 3 is 2.24 bits per heavy atom. The zero-order valence-corrected chi connectivity index (χ0v) is 14.4. The molecule has 0 saturated carbocycles. The fourth-order valence-electron chi connectivity index (χ4n) is 2.31. The molecule has 2 N–H and O–H groups in total. The van der Waals surface area contributed by atoms with Crippen LogP contribution in [0.25, 0.3) is 0 Å². The number of carbonyl (C=O) groups is 1. The van der Waals surface area contributed by atoms with Gasteiger partial charge in [0.1, 0.15) is 6.04 Å². The SMILES string of the molecule is CCCCCCCCCC(Nc1ccc(Br)cc1)C(=O)O. The molecule has 0 aliphatic rings. The van der Waals surface area contributed by atoms with E-state index in [4.69, 9.17) is 0 Å². The molecule has 0 radical (unpaired) electrons. The van der Waals surface area contributed by atoms with Crippen molar-refractivity contribution in [1.82, 2.24) is 0 Å². The summed E-state index contributed by atoms with van der Waals surface area (Å²) in [4.78, 5) is 11.3. The maximum Gasteiger partial charge on any atom is 0.326 e. The fraction of sp³-hybridized carbons (Fsp3) is 0.588. The second kappa shape index (κ2) is 10.7. The molecule has 1 unspecified atom stereocenters. The molecule has 0 amide bonds. The van der Waals surface area contributed by atoms with Gasteiger partial charge in [-0.1, -0.05) is 67.8 Å². The number of hydrogen-bond acceptors (Lipinski definition) is 2. The summed E-state index contributed by atoms with van der Waals surface area (Å²) in [6.45, 7) is 2.21. The van der Waals surface area contributed by atoms with Crippen LogP contribution in [0.1, 0.15) is 58.3 Å². The van der Waals surface area contributed by atoms with Crippen LogP contribution in [0.5, 0.6) is 0 Å². The molecule has 1 aromatic carbocycles. The van der Waals surface area contributed by atoms with Crippen LogP contribution in [-0.4, -0.2) is 17.1 Å². The van der Waals surface area contributed by atoms with Crippen LogP contribution in [-0.2, 0) is 4.79 Å². The van der Waals surface area contributed by atoms with Gasteiger partial charge in [-0.15, -0.1) is 0 Å². The Bertz CT molecular complexity index is 406. The van der Waals surface area contributed by atoms with Crippen LogP contribution in [0.2, 0.25) is 0 Å². The van der Waals surface area contributed by atoms with E-state index in [-0.39, 0.29) is 0 Å². The third-order valence-corrected chi connectivity index (χ3v) is 4.11. The van der Waals surface area contributed by atoms with Gasteiger partial charge in [-0.25, -0.2) is 4.79 Å². The molecule has 0 bridgehead atoms. The lowest BCUT2D eigenvalue weighted by Crippen LogP contribution is -2.29. The normalized spacial score (nSPS) is 12.1. The number of carboxylic acid groups (broad SMARTS) is 1. The minimum Gasteiger partial charge on any atom is -0.480 e. The lowest BCUT2D eigenvalue weighted by Gasteiger charge is -2.15. The predicted octanol–water partition coefficient (Wildman–Crippen LogP) is 5.45. The standard InChI is InChI=1S/C17H26BrNO2/c1-2-3-4-5-6-7-8-9-16(17(20)21)19-15-12-10-14(18)11-13-15/h10-13,16,19H,2-9H2,1H3,(H,20,21). The van der Waals surface area contributed by atoms with Crippen LogP contribution < -0.4 is 5.32 Å². The van der Waals surface area contributed by atoms with E-state index in [1.54, 1.807) is 0 Å². The summed E-state index contributed by atoms with van der Waals surface area (Å²) in [7, 11) is 0. The van der Waals surface area contributed by atoms with Crippen molar-refractivity contribution in [3.63, 3.8) is 0 Å². The van der Waals surface area contributed by atoms with E-state index in [1.165, 1.54) is 32.1 Å². The summed E-state index contributed by atoms with van der Waals surface area (Å²) in [6, 6.07) is 7.11. The molecule has 118 valence electrons. The van der Waals surface area contributed by atoms with Crippen molar-refractivity contribution in [2.75, 3.05) is 5.32 Å². The average Bonchev–Trinajstić information content (AvgIpc) is 2.47. The van der Waals surface area contributed by atoms with E-state index in [1.807, 2.05) is 24.3 Å². The van der Waals surface area contributed by atoms with E-state index in [0.717, 1.165) is 23.0 Å². The van der Waals surface area contributed by atoms with Gasteiger partial charge in [0.05, 0.1) is 0 Å². The number of unbranched alkanes of at least 4 members (excludes halogenated alkanes) is 6. The lowest BCUT2D eigenvalue weighted by molar-refractivity contribution is -0.138. The molecule has 0 saturated heterocycles. The quantitative estimate of drug-likeness (QED) is 0.518. The van der Waals surface area contributed by atoms with Crippen molar-refractivity contribution in [3.05, 3.63) is 28.7 Å². The van der Waals surface area contributed by atoms with Crippen molar-refractivity contribution in [2.24, 2.45) is 0 Å². The van der Waals surface area contributed by atoms with Crippen molar-refractivity contribution >= 4 is 27.6 Å². The number of rotatable bonds is 11. The minimum absolute atomic E-state index is 0.498.